The Kier molecular flexibility index (Phi) is 5.64. The minimum Gasteiger partial charge on any atom is -0.354 e. The molecule has 0 unspecified atom stereocenters. The maximum Gasteiger partial charge on any atom is 0.312 e. The lowest BCUT2D eigenvalue weighted by Gasteiger charge is -2.06. The fraction of sp³-hybridized carbons (Fsp3) is 0.500. The summed E-state index contributed by atoms with van der Waals surface area (Å²) in [5.41, 5.74) is 0.945. The molecule has 0 aliphatic rings. The molecule has 0 spiro atoms. The van der Waals surface area contributed by atoms with E-state index in [-0.39, 0.29) is 36.8 Å². The Morgan fingerprint density at radius 2 is 1.81 bits per heavy atom. The summed E-state index contributed by atoms with van der Waals surface area (Å²) in [5.74, 6) is -0.253. The smallest absolute Gasteiger partial charge is 0.312 e. The Bertz CT molecular complexity index is 854. The molecule has 2 aromatic heterocycles. The van der Waals surface area contributed by atoms with E-state index in [1.54, 1.807) is 13.8 Å². The lowest BCUT2D eigenvalue weighted by atomic mass is 10.3. The van der Waals surface area contributed by atoms with Crippen LogP contribution in [0.2, 0.25) is 0 Å². The van der Waals surface area contributed by atoms with Crippen molar-refractivity contribution < 1.29 is 14.6 Å². The van der Waals surface area contributed by atoms with E-state index in [1.165, 1.54) is 22.5 Å². The first-order chi connectivity index (χ1) is 12.2. The fourth-order valence-electron chi connectivity index (χ4n) is 2.58. The van der Waals surface area contributed by atoms with Gasteiger partial charge in [0, 0.05) is 19.5 Å². The largest absolute Gasteiger partial charge is 0.354 e. The van der Waals surface area contributed by atoms with Gasteiger partial charge in [0.05, 0.1) is 16.4 Å². The molecule has 2 rings (SSSR count). The van der Waals surface area contributed by atoms with Crippen molar-refractivity contribution >= 4 is 17.3 Å². The summed E-state index contributed by atoms with van der Waals surface area (Å²) >= 11 is 0. The number of rotatable bonds is 8. The molecule has 0 saturated heterocycles. The lowest BCUT2D eigenvalue weighted by molar-refractivity contribution is -0.386. The van der Waals surface area contributed by atoms with Crippen molar-refractivity contribution in [1.29, 1.82) is 0 Å². The molecule has 140 valence electrons. The van der Waals surface area contributed by atoms with E-state index in [4.69, 9.17) is 0 Å². The van der Waals surface area contributed by atoms with E-state index in [0.717, 1.165) is 0 Å². The Hall–Kier alpha value is -3.31. The molecule has 0 atom stereocenters. The zero-order chi connectivity index (χ0) is 19.4. The van der Waals surface area contributed by atoms with Crippen LogP contribution in [0.1, 0.15) is 23.5 Å². The van der Waals surface area contributed by atoms with Gasteiger partial charge in [-0.1, -0.05) is 0 Å². The van der Waals surface area contributed by atoms with Crippen molar-refractivity contribution in [3.63, 3.8) is 0 Å². The van der Waals surface area contributed by atoms with Crippen LogP contribution in [-0.2, 0) is 17.9 Å². The number of hydrogen-bond donors (Lipinski definition) is 1. The number of amides is 1. The average molecular weight is 365 g/mol. The minimum absolute atomic E-state index is 0.0213. The van der Waals surface area contributed by atoms with Crippen molar-refractivity contribution in [3.8, 4) is 0 Å². The van der Waals surface area contributed by atoms with E-state index in [0.29, 0.717) is 23.6 Å². The third-order valence-electron chi connectivity index (χ3n) is 3.86. The molecule has 0 fully saturated rings. The SMILES string of the molecule is Cc1nn(CCC(=O)NCCn2nc(C)c([N+](=O)[O-])c2C)cc1[N+](=O)[O-]. The number of carbonyl (C=O) groups excluding carboxylic acids is 1. The van der Waals surface area contributed by atoms with Crippen LogP contribution in [0.5, 0.6) is 0 Å². The topological polar surface area (TPSA) is 151 Å². The first kappa shape index (κ1) is 19.0. The van der Waals surface area contributed by atoms with Gasteiger partial charge in [0.15, 0.2) is 0 Å². The van der Waals surface area contributed by atoms with E-state index >= 15 is 0 Å². The van der Waals surface area contributed by atoms with Gasteiger partial charge in [-0.15, -0.1) is 0 Å². The van der Waals surface area contributed by atoms with Gasteiger partial charge in [-0.2, -0.15) is 10.2 Å². The zero-order valence-corrected chi connectivity index (χ0v) is 14.6. The highest BCUT2D eigenvalue weighted by Crippen LogP contribution is 2.21. The predicted octanol–water partition coefficient (Wildman–Crippen LogP) is 1.03. The molecule has 0 aliphatic carbocycles. The van der Waals surface area contributed by atoms with Crippen LogP contribution in [-0.4, -0.2) is 41.9 Å². The Morgan fingerprint density at radius 3 is 2.35 bits per heavy atom. The third-order valence-corrected chi connectivity index (χ3v) is 3.86. The molecule has 0 aromatic carbocycles. The highest BCUT2D eigenvalue weighted by Gasteiger charge is 2.21. The summed E-state index contributed by atoms with van der Waals surface area (Å²) in [4.78, 5) is 32.6. The van der Waals surface area contributed by atoms with Gasteiger partial charge in [0.1, 0.15) is 23.3 Å². The highest BCUT2D eigenvalue weighted by atomic mass is 16.6. The first-order valence-corrected chi connectivity index (χ1v) is 7.84. The van der Waals surface area contributed by atoms with Crippen LogP contribution in [0, 0.1) is 41.0 Å². The van der Waals surface area contributed by atoms with Gasteiger partial charge in [0.25, 0.3) is 0 Å². The molecule has 0 radical (unpaired) electrons. The Morgan fingerprint density at radius 1 is 1.12 bits per heavy atom. The molecule has 2 aromatic rings. The van der Waals surface area contributed by atoms with Gasteiger partial charge in [0.2, 0.25) is 5.91 Å². The van der Waals surface area contributed by atoms with Gasteiger partial charge in [-0.25, -0.2) is 0 Å². The quantitative estimate of drug-likeness (QED) is 0.542. The van der Waals surface area contributed by atoms with Crippen molar-refractivity contribution in [2.75, 3.05) is 6.54 Å². The monoisotopic (exact) mass is 365 g/mol. The van der Waals surface area contributed by atoms with Crippen molar-refractivity contribution in [2.45, 2.75) is 40.3 Å². The molecule has 0 saturated carbocycles. The highest BCUT2D eigenvalue weighted by molar-refractivity contribution is 5.75. The lowest BCUT2D eigenvalue weighted by Crippen LogP contribution is -2.28. The second-order valence-electron chi connectivity index (χ2n) is 5.72. The fourth-order valence-corrected chi connectivity index (χ4v) is 2.58. The number of hydrogen-bond acceptors (Lipinski definition) is 7. The average Bonchev–Trinajstić information content (AvgIpc) is 3.05. The number of nitro groups is 2. The zero-order valence-electron chi connectivity index (χ0n) is 14.6. The predicted molar refractivity (Wildman–Crippen MR) is 89.6 cm³/mol. The first-order valence-electron chi connectivity index (χ1n) is 7.84. The van der Waals surface area contributed by atoms with Gasteiger partial charge >= 0.3 is 11.4 Å². The Labute approximate surface area is 148 Å². The molecule has 26 heavy (non-hydrogen) atoms. The molecule has 0 aliphatic heterocycles. The summed E-state index contributed by atoms with van der Waals surface area (Å²) in [6.45, 7) is 5.47. The maximum absolute atomic E-state index is 11.9. The molecular formula is C14H19N7O5. The van der Waals surface area contributed by atoms with Crippen LogP contribution in [0.3, 0.4) is 0 Å². The Balaban J connectivity index is 1.83. The van der Waals surface area contributed by atoms with Gasteiger partial charge in [-0.05, 0) is 20.8 Å². The number of aryl methyl sites for hydroxylation is 3. The minimum atomic E-state index is -0.521. The number of nitrogens with zero attached hydrogens (tertiary/aromatic N) is 6. The summed E-state index contributed by atoms with van der Waals surface area (Å²) in [6, 6.07) is 0. The second kappa shape index (κ2) is 7.72. The van der Waals surface area contributed by atoms with Gasteiger partial charge in [-0.3, -0.25) is 34.4 Å². The molecular weight excluding hydrogens is 346 g/mol. The van der Waals surface area contributed by atoms with Crippen LogP contribution >= 0.6 is 0 Å². The molecule has 1 amide bonds. The van der Waals surface area contributed by atoms with Crippen LogP contribution in [0.4, 0.5) is 11.4 Å². The summed E-state index contributed by atoms with van der Waals surface area (Å²) in [5, 5.41) is 32.5. The van der Waals surface area contributed by atoms with E-state index in [1.807, 2.05) is 0 Å². The molecule has 1 N–H and O–H groups in total. The van der Waals surface area contributed by atoms with E-state index in [2.05, 4.69) is 15.5 Å². The van der Waals surface area contributed by atoms with E-state index in [9.17, 15) is 25.0 Å². The van der Waals surface area contributed by atoms with Crippen LogP contribution in [0.25, 0.3) is 0 Å². The summed E-state index contributed by atoms with van der Waals surface area (Å²) in [6.07, 6.45) is 1.40. The van der Waals surface area contributed by atoms with Crippen LogP contribution in [0.15, 0.2) is 6.20 Å². The van der Waals surface area contributed by atoms with Crippen molar-refractivity contribution in [1.82, 2.24) is 24.9 Å². The van der Waals surface area contributed by atoms with E-state index < -0.39 is 9.85 Å². The maximum atomic E-state index is 11.9. The standard InChI is InChI=1S/C14H19N7O5/c1-9-12(20(23)24)8-18(16-9)6-4-13(22)15-5-7-19-11(3)14(21(25)26)10(2)17-19/h8H,4-7H2,1-3H3,(H,15,22). The number of carbonyl (C=O) groups is 1. The molecule has 12 nitrogen and oxygen atoms in total. The third kappa shape index (κ3) is 4.20. The second-order valence-corrected chi connectivity index (χ2v) is 5.72. The van der Waals surface area contributed by atoms with Crippen molar-refractivity contribution in [2.24, 2.45) is 0 Å². The summed E-state index contributed by atoms with van der Waals surface area (Å²) < 4.78 is 2.84. The molecule has 12 heteroatoms. The number of nitrogens with one attached hydrogen (secondary N) is 1. The number of aromatic nitrogens is 4. The molecule has 0 bridgehead atoms. The van der Waals surface area contributed by atoms with Gasteiger partial charge < -0.3 is 5.32 Å². The summed E-state index contributed by atoms with van der Waals surface area (Å²) in [7, 11) is 0. The normalized spacial score (nSPS) is 10.7. The molecule has 2 heterocycles. The van der Waals surface area contributed by atoms with Crippen LogP contribution < -0.4 is 5.32 Å². The van der Waals surface area contributed by atoms with Crippen molar-refractivity contribution in [3.05, 3.63) is 43.5 Å².